The lowest BCUT2D eigenvalue weighted by Gasteiger charge is -2.10. The first-order valence-corrected chi connectivity index (χ1v) is 6.82. The number of esters is 2. The van der Waals surface area contributed by atoms with Crippen LogP contribution < -0.4 is 4.74 Å². The van der Waals surface area contributed by atoms with Crippen LogP contribution in [0, 0.1) is 0 Å². The highest BCUT2D eigenvalue weighted by Crippen LogP contribution is 2.23. The smallest absolute Gasteiger partial charge is 0.464 e. The van der Waals surface area contributed by atoms with E-state index < -0.39 is 18.3 Å². The Balaban J connectivity index is 2.25. The third-order valence-electron chi connectivity index (χ3n) is 3.06. The second-order valence-corrected chi connectivity index (χ2v) is 4.75. The second-order valence-electron chi connectivity index (χ2n) is 4.75. The predicted octanol–water partition coefficient (Wildman–Crippen LogP) is 2.40. The molecule has 0 bridgehead atoms. The molecular weight excluding hydrogens is 345 g/mol. The van der Waals surface area contributed by atoms with Crippen molar-refractivity contribution < 1.29 is 37.0 Å². The van der Waals surface area contributed by atoms with Crippen molar-refractivity contribution in [1.29, 1.82) is 0 Å². The number of hydrogen-bond acceptors (Lipinski definition) is 6. The van der Waals surface area contributed by atoms with Crippen molar-refractivity contribution in [3.63, 3.8) is 0 Å². The Kier molecular flexibility index (Phi) is 5.30. The number of methoxy groups -OCH3 is 2. The Hall–Kier alpha value is -3.04. The van der Waals surface area contributed by atoms with E-state index >= 15 is 0 Å². The van der Waals surface area contributed by atoms with Crippen molar-refractivity contribution in [2.45, 2.75) is 12.9 Å². The standard InChI is InChI=1S/C15H13F3N2O5/c1-23-13(21)11-7-12(14(22)24-2)20(19-11)8-9-3-5-10(6-4-9)25-15(16,17)18/h3-7H,8H2,1-2H3. The van der Waals surface area contributed by atoms with Crippen molar-refractivity contribution in [2.24, 2.45) is 0 Å². The molecule has 0 saturated heterocycles. The maximum atomic E-state index is 12.1. The van der Waals surface area contributed by atoms with E-state index in [9.17, 15) is 22.8 Å². The summed E-state index contributed by atoms with van der Waals surface area (Å²) >= 11 is 0. The monoisotopic (exact) mass is 358 g/mol. The first kappa shape index (κ1) is 18.3. The Labute approximate surface area is 139 Å². The van der Waals surface area contributed by atoms with E-state index in [1.807, 2.05) is 0 Å². The van der Waals surface area contributed by atoms with E-state index in [1.54, 1.807) is 0 Å². The average molecular weight is 358 g/mol. The quantitative estimate of drug-likeness (QED) is 0.764. The van der Waals surface area contributed by atoms with Gasteiger partial charge in [-0.1, -0.05) is 12.1 Å². The molecule has 7 nitrogen and oxygen atoms in total. The van der Waals surface area contributed by atoms with Gasteiger partial charge in [0.05, 0.1) is 20.8 Å². The largest absolute Gasteiger partial charge is 0.573 e. The van der Waals surface area contributed by atoms with Gasteiger partial charge in [0.15, 0.2) is 5.69 Å². The first-order chi connectivity index (χ1) is 11.7. The van der Waals surface area contributed by atoms with Gasteiger partial charge in [0.1, 0.15) is 11.4 Å². The molecule has 10 heteroatoms. The third-order valence-corrected chi connectivity index (χ3v) is 3.06. The zero-order valence-electron chi connectivity index (χ0n) is 13.2. The van der Waals surface area contributed by atoms with E-state index in [-0.39, 0.29) is 23.7 Å². The van der Waals surface area contributed by atoms with Crippen molar-refractivity contribution >= 4 is 11.9 Å². The molecule has 0 spiro atoms. The van der Waals surface area contributed by atoms with Crippen LogP contribution in [0.15, 0.2) is 30.3 Å². The Morgan fingerprint density at radius 2 is 1.68 bits per heavy atom. The second kappa shape index (κ2) is 7.24. The number of rotatable bonds is 5. The molecule has 2 rings (SSSR count). The molecule has 0 unspecified atom stereocenters. The Morgan fingerprint density at radius 1 is 1.08 bits per heavy atom. The van der Waals surface area contributed by atoms with Crippen LogP contribution >= 0.6 is 0 Å². The van der Waals surface area contributed by atoms with Gasteiger partial charge in [0.2, 0.25) is 0 Å². The summed E-state index contributed by atoms with van der Waals surface area (Å²) in [6.07, 6.45) is -4.78. The summed E-state index contributed by atoms with van der Waals surface area (Å²) in [7, 11) is 2.33. The highest BCUT2D eigenvalue weighted by molar-refractivity contribution is 5.93. The van der Waals surface area contributed by atoms with E-state index in [1.165, 1.54) is 37.1 Å². The van der Waals surface area contributed by atoms with Crippen molar-refractivity contribution in [3.05, 3.63) is 47.3 Å². The highest BCUT2D eigenvalue weighted by atomic mass is 19.4. The number of halogens is 3. The number of alkyl halides is 3. The minimum absolute atomic E-state index is 0.00137. The van der Waals surface area contributed by atoms with Crippen LogP contribution in [-0.2, 0) is 16.0 Å². The molecule has 25 heavy (non-hydrogen) atoms. The summed E-state index contributed by atoms with van der Waals surface area (Å²) < 4.78 is 50.6. The molecule has 0 N–H and O–H groups in total. The lowest BCUT2D eigenvalue weighted by atomic mass is 10.2. The van der Waals surface area contributed by atoms with Gasteiger partial charge in [-0.25, -0.2) is 9.59 Å². The molecule has 0 atom stereocenters. The molecular formula is C15H13F3N2O5. The van der Waals surface area contributed by atoms with Crippen LogP contribution in [0.25, 0.3) is 0 Å². The van der Waals surface area contributed by atoms with Crippen LogP contribution in [0.1, 0.15) is 26.5 Å². The first-order valence-electron chi connectivity index (χ1n) is 6.82. The molecule has 134 valence electrons. The number of benzene rings is 1. The zero-order valence-corrected chi connectivity index (χ0v) is 13.2. The maximum absolute atomic E-state index is 12.1. The number of carbonyl (C=O) groups is 2. The van der Waals surface area contributed by atoms with Crippen molar-refractivity contribution in [2.75, 3.05) is 14.2 Å². The molecule has 1 aromatic carbocycles. The number of carbonyl (C=O) groups excluding carboxylic acids is 2. The fraction of sp³-hybridized carbons (Fsp3) is 0.267. The summed E-state index contributed by atoms with van der Waals surface area (Å²) in [6, 6.07) is 6.22. The molecule has 1 aromatic heterocycles. The number of hydrogen-bond donors (Lipinski definition) is 0. The predicted molar refractivity (Wildman–Crippen MR) is 77.1 cm³/mol. The van der Waals surface area contributed by atoms with Gasteiger partial charge in [-0.15, -0.1) is 13.2 Å². The minimum Gasteiger partial charge on any atom is -0.464 e. The van der Waals surface area contributed by atoms with Gasteiger partial charge in [0, 0.05) is 6.07 Å². The number of nitrogens with zero attached hydrogens (tertiary/aromatic N) is 2. The zero-order chi connectivity index (χ0) is 18.6. The number of aromatic nitrogens is 2. The molecule has 0 aliphatic rings. The molecule has 0 aliphatic carbocycles. The lowest BCUT2D eigenvalue weighted by molar-refractivity contribution is -0.274. The molecule has 1 heterocycles. The maximum Gasteiger partial charge on any atom is 0.573 e. The molecule has 0 fully saturated rings. The van der Waals surface area contributed by atoms with E-state index in [0.29, 0.717) is 5.56 Å². The summed E-state index contributed by atoms with van der Waals surface area (Å²) in [5.74, 6) is -1.84. The number of ether oxygens (including phenoxy) is 3. The van der Waals surface area contributed by atoms with Gasteiger partial charge in [-0.2, -0.15) is 5.10 Å². The summed E-state index contributed by atoms with van der Waals surface area (Å²) in [5, 5.41) is 3.96. The van der Waals surface area contributed by atoms with Gasteiger partial charge in [-0.3, -0.25) is 4.68 Å². The van der Waals surface area contributed by atoms with Crippen molar-refractivity contribution in [3.8, 4) is 5.75 Å². The summed E-state index contributed by atoms with van der Waals surface area (Å²) in [4.78, 5) is 23.3. The van der Waals surface area contributed by atoms with Crippen LogP contribution in [0.5, 0.6) is 5.75 Å². The average Bonchev–Trinajstić information content (AvgIpc) is 2.97. The summed E-state index contributed by atoms with van der Waals surface area (Å²) in [6.45, 7) is 0.0216. The Bertz CT molecular complexity index is 768. The fourth-order valence-corrected chi connectivity index (χ4v) is 1.98. The van der Waals surface area contributed by atoms with E-state index in [2.05, 4.69) is 19.3 Å². The SMILES string of the molecule is COC(=O)c1cc(C(=O)OC)n(Cc2ccc(OC(F)(F)F)cc2)n1. The fourth-order valence-electron chi connectivity index (χ4n) is 1.98. The van der Waals surface area contributed by atoms with Gasteiger partial charge in [0.25, 0.3) is 0 Å². The Morgan fingerprint density at radius 3 is 2.20 bits per heavy atom. The van der Waals surface area contributed by atoms with Gasteiger partial charge >= 0.3 is 18.3 Å². The molecule has 0 aliphatic heterocycles. The molecule has 0 saturated carbocycles. The van der Waals surface area contributed by atoms with Crippen LogP contribution in [0.2, 0.25) is 0 Å². The molecule has 0 amide bonds. The molecule has 0 radical (unpaired) electrons. The van der Waals surface area contributed by atoms with Crippen LogP contribution in [0.3, 0.4) is 0 Å². The van der Waals surface area contributed by atoms with Crippen LogP contribution in [-0.4, -0.2) is 42.3 Å². The highest BCUT2D eigenvalue weighted by Gasteiger charge is 2.31. The summed E-state index contributed by atoms with van der Waals surface area (Å²) in [5.41, 5.74) is 0.428. The van der Waals surface area contributed by atoms with E-state index in [0.717, 1.165) is 12.1 Å². The third kappa shape index (κ3) is 4.72. The topological polar surface area (TPSA) is 79.7 Å². The van der Waals surface area contributed by atoms with Crippen molar-refractivity contribution in [1.82, 2.24) is 9.78 Å². The lowest BCUT2D eigenvalue weighted by Crippen LogP contribution is -2.17. The minimum atomic E-state index is -4.78. The van der Waals surface area contributed by atoms with Gasteiger partial charge in [-0.05, 0) is 17.7 Å². The van der Waals surface area contributed by atoms with Gasteiger partial charge < -0.3 is 14.2 Å². The van der Waals surface area contributed by atoms with Crippen LogP contribution in [0.4, 0.5) is 13.2 Å². The van der Waals surface area contributed by atoms with E-state index in [4.69, 9.17) is 0 Å². The normalized spacial score (nSPS) is 11.1. The molecule has 2 aromatic rings.